The van der Waals surface area contributed by atoms with Crippen LogP contribution in [0.1, 0.15) is 28.4 Å². The lowest BCUT2D eigenvalue weighted by Crippen LogP contribution is -2.22. The van der Waals surface area contributed by atoms with Crippen LogP contribution in [-0.2, 0) is 0 Å². The van der Waals surface area contributed by atoms with Crippen molar-refractivity contribution < 1.29 is 22.7 Å². The molecule has 0 bridgehead atoms. The molecule has 0 aliphatic heterocycles. The third-order valence-corrected chi connectivity index (χ3v) is 4.34. The van der Waals surface area contributed by atoms with Gasteiger partial charge in [-0.05, 0) is 48.7 Å². The van der Waals surface area contributed by atoms with Crippen LogP contribution in [0.3, 0.4) is 0 Å². The Kier molecular flexibility index (Phi) is 6.60. The van der Waals surface area contributed by atoms with Gasteiger partial charge in [0.2, 0.25) is 5.91 Å². The molecule has 0 fully saturated rings. The number of primary amides is 1. The zero-order chi connectivity index (χ0) is 21.8. The average molecular weight is 402 g/mol. The molecule has 152 valence electrons. The summed E-state index contributed by atoms with van der Waals surface area (Å²) in [4.78, 5) is 13.9. The minimum absolute atomic E-state index is 0.266. The van der Waals surface area contributed by atoms with Gasteiger partial charge in [-0.25, -0.2) is 0 Å². The first-order valence-electron chi connectivity index (χ1n) is 8.65. The number of carbonyl (C=O) groups is 1. The molecule has 29 heavy (non-hydrogen) atoms. The summed E-state index contributed by atoms with van der Waals surface area (Å²) in [5.74, 6) is 4.83. The van der Waals surface area contributed by atoms with Crippen LogP contribution in [0.15, 0.2) is 36.9 Å². The van der Waals surface area contributed by atoms with E-state index in [2.05, 4.69) is 23.2 Å². The number of anilines is 1. The van der Waals surface area contributed by atoms with E-state index in [-0.39, 0.29) is 11.3 Å². The van der Waals surface area contributed by atoms with Crippen LogP contribution < -0.4 is 15.4 Å². The van der Waals surface area contributed by atoms with Crippen LogP contribution in [-0.4, -0.2) is 25.9 Å². The fraction of sp³-hybridized carbons (Fsp3) is 0.227. The van der Waals surface area contributed by atoms with Gasteiger partial charge in [0.1, 0.15) is 5.75 Å². The normalized spacial score (nSPS) is 10.7. The largest absolute Gasteiger partial charge is 0.573 e. The second kappa shape index (κ2) is 8.74. The van der Waals surface area contributed by atoms with Crippen LogP contribution in [0.4, 0.5) is 18.9 Å². The molecule has 7 heteroatoms. The molecule has 0 saturated heterocycles. The predicted octanol–water partition coefficient (Wildman–Crippen LogP) is 4.76. The van der Waals surface area contributed by atoms with Crippen molar-refractivity contribution in [3.63, 3.8) is 0 Å². The lowest BCUT2D eigenvalue weighted by atomic mass is 9.91. The first-order chi connectivity index (χ1) is 13.6. The number of carbonyl (C=O) groups excluding carboxylic acids is 1. The Balaban J connectivity index is 2.65. The maximum absolute atomic E-state index is 12.4. The fourth-order valence-corrected chi connectivity index (χ4v) is 3.10. The van der Waals surface area contributed by atoms with Gasteiger partial charge in [0.05, 0.1) is 6.54 Å². The molecule has 4 nitrogen and oxygen atoms in total. The number of nitrogens with two attached hydrogens (primary N) is 1. The SMILES string of the molecule is C=Cc1c(C(N)=O)cc(-c2ccc(OC(F)(F)F)cc2)c(C)c1N(C)CC#CC. The summed E-state index contributed by atoms with van der Waals surface area (Å²) in [7, 11) is 1.83. The van der Waals surface area contributed by atoms with Gasteiger partial charge in [0.15, 0.2) is 0 Å². The maximum Gasteiger partial charge on any atom is 0.573 e. The van der Waals surface area contributed by atoms with Crippen molar-refractivity contribution in [3.8, 4) is 28.7 Å². The number of alkyl halides is 3. The number of rotatable bonds is 6. The van der Waals surface area contributed by atoms with E-state index in [0.29, 0.717) is 23.2 Å². The zero-order valence-corrected chi connectivity index (χ0v) is 16.4. The summed E-state index contributed by atoms with van der Waals surface area (Å²) in [5, 5.41) is 0. The Morgan fingerprint density at radius 1 is 1.31 bits per heavy atom. The molecule has 0 saturated carbocycles. The van der Waals surface area contributed by atoms with E-state index in [9.17, 15) is 18.0 Å². The molecule has 0 radical (unpaired) electrons. The smallest absolute Gasteiger partial charge is 0.406 e. The molecule has 1 amide bonds. The first kappa shape index (κ1) is 21.9. The Hall–Kier alpha value is -3.40. The Morgan fingerprint density at radius 3 is 2.41 bits per heavy atom. The standard InChI is InChI=1S/C22H21F3N2O2/c1-5-7-12-27(4)20-14(3)18(13-19(21(26)28)17(20)6-2)15-8-10-16(11-9-15)29-22(23,24)25/h6,8-11,13H,2,12H2,1,3-4H3,(H2,26,28). The average Bonchev–Trinajstić information content (AvgIpc) is 2.64. The van der Waals surface area contributed by atoms with Crippen LogP contribution in [0.25, 0.3) is 17.2 Å². The monoisotopic (exact) mass is 402 g/mol. The van der Waals surface area contributed by atoms with Crippen molar-refractivity contribution in [3.05, 3.63) is 53.6 Å². The van der Waals surface area contributed by atoms with E-state index >= 15 is 0 Å². The fourth-order valence-electron chi connectivity index (χ4n) is 3.10. The quantitative estimate of drug-likeness (QED) is 0.709. The molecule has 0 aliphatic rings. The molecule has 2 rings (SSSR count). The molecule has 2 N–H and O–H groups in total. The summed E-state index contributed by atoms with van der Waals surface area (Å²) in [6.07, 6.45) is -3.21. The van der Waals surface area contributed by atoms with Gasteiger partial charge >= 0.3 is 6.36 Å². The number of amides is 1. The lowest BCUT2D eigenvalue weighted by molar-refractivity contribution is -0.274. The topological polar surface area (TPSA) is 55.6 Å². The van der Waals surface area contributed by atoms with E-state index in [0.717, 1.165) is 11.3 Å². The number of halogens is 3. The van der Waals surface area contributed by atoms with E-state index in [1.807, 2.05) is 18.9 Å². The van der Waals surface area contributed by atoms with Crippen molar-refractivity contribution >= 4 is 17.7 Å². The number of ether oxygens (including phenoxy) is 1. The lowest BCUT2D eigenvalue weighted by Gasteiger charge is -2.25. The third kappa shape index (κ3) is 5.11. The van der Waals surface area contributed by atoms with Crippen LogP contribution >= 0.6 is 0 Å². The summed E-state index contributed by atoms with van der Waals surface area (Å²) >= 11 is 0. The third-order valence-electron chi connectivity index (χ3n) is 4.34. The zero-order valence-electron chi connectivity index (χ0n) is 16.4. The summed E-state index contributed by atoms with van der Waals surface area (Å²) in [5.41, 5.74) is 9.24. The summed E-state index contributed by atoms with van der Waals surface area (Å²) < 4.78 is 41.1. The van der Waals surface area contributed by atoms with Gasteiger partial charge in [-0.2, -0.15) is 0 Å². The number of hydrogen-bond acceptors (Lipinski definition) is 3. The van der Waals surface area contributed by atoms with Gasteiger partial charge in [-0.3, -0.25) is 4.79 Å². The molecular formula is C22H21F3N2O2. The Labute approximate surface area is 167 Å². The highest BCUT2D eigenvalue weighted by Crippen LogP contribution is 2.37. The van der Waals surface area contributed by atoms with Gasteiger partial charge < -0.3 is 15.4 Å². The molecule has 2 aromatic rings. The molecule has 0 spiro atoms. The molecule has 0 aliphatic carbocycles. The van der Waals surface area contributed by atoms with Crippen LogP contribution in [0.2, 0.25) is 0 Å². The molecule has 0 atom stereocenters. The van der Waals surface area contributed by atoms with Crippen molar-refractivity contribution in [2.24, 2.45) is 5.73 Å². The van der Waals surface area contributed by atoms with Crippen molar-refractivity contribution in [1.29, 1.82) is 0 Å². The number of hydrogen-bond donors (Lipinski definition) is 1. The van der Waals surface area contributed by atoms with E-state index in [4.69, 9.17) is 5.73 Å². The summed E-state index contributed by atoms with van der Waals surface area (Å²) in [6.45, 7) is 7.79. The molecule has 2 aromatic carbocycles. The molecular weight excluding hydrogens is 381 g/mol. The second-order valence-corrected chi connectivity index (χ2v) is 6.28. The number of nitrogens with zero attached hydrogens (tertiary/aromatic N) is 1. The van der Waals surface area contributed by atoms with Gasteiger partial charge in [-0.1, -0.05) is 30.7 Å². The van der Waals surface area contributed by atoms with Gasteiger partial charge in [-0.15, -0.1) is 19.1 Å². The molecule has 0 aromatic heterocycles. The van der Waals surface area contributed by atoms with Crippen molar-refractivity contribution in [1.82, 2.24) is 0 Å². The summed E-state index contributed by atoms with van der Waals surface area (Å²) in [6, 6.07) is 7.06. The van der Waals surface area contributed by atoms with E-state index < -0.39 is 12.3 Å². The highest BCUT2D eigenvalue weighted by Gasteiger charge is 2.31. The minimum Gasteiger partial charge on any atom is -0.406 e. The van der Waals surface area contributed by atoms with Gasteiger partial charge in [0, 0.05) is 23.9 Å². The minimum atomic E-state index is -4.77. The first-order valence-corrected chi connectivity index (χ1v) is 8.65. The Bertz CT molecular complexity index is 984. The highest BCUT2D eigenvalue weighted by atomic mass is 19.4. The Morgan fingerprint density at radius 2 is 1.93 bits per heavy atom. The maximum atomic E-state index is 12.4. The van der Waals surface area contributed by atoms with Crippen LogP contribution in [0.5, 0.6) is 5.75 Å². The van der Waals surface area contributed by atoms with Gasteiger partial charge in [0.25, 0.3) is 0 Å². The second-order valence-electron chi connectivity index (χ2n) is 6.28. The predicted molar refractivity (Wildman–Crippen MR) is 109 cm³/mol. The highest BCUT2D eigenvalue weighted by molar-refractivity contribution is 6.01. The van der Waals surface area contributed by atoms with Crippen LogP contribution in [0, 0.1) is 18.8 Å². The van der Waals surface area contributed by atoms with Crippen molar-refractivity contribution in [2.75, 3.05) is 18.5 Å². The van der Waals surface area contributed by atoms with E-state index in [1.54, 1.807) is 19.1 Å². The molecule has 0 unspecified atom stereocenters. The van der Waals surface area contributed by atoms with E-state index in [1.165, 1.54) is 24.3 Å². The molecule has 0 heterocycles. The number of benzene rings is 2. The van der Waals surface area contributed by atoms with Crippen molar-refractivity contribution in [2.45, 2.75) is 20.2 Å².